The third-order valence-electron chi connectivity index (χ3n) is 3.99. The largest absolute Gasteiger partial charge is 0.467 e. The molecule has 1 aliphatic heterocycles. The Labute approximate surface area is 179 Å². The molecule has 12 nitrogen and oxygen atoms in total. The van der Waals surface area contributed by atoms with E-state index in [0.29, 0.717) is 6.29 Å². The molecule has 0 radical (unpaired) electrons. The normalized spacial score (nSPS) is 26.3. The van der Waals surface area contributed by atoms with E-state index in [0.717, 1.165) is 27.9 Å². The maximum atomic E-state index is 12.3. The van der Waals surface area contributed by atoms with Gasteiger partial charge < -0.3 is 38.0 Å². The van der Waals surface area contributed by atoms with Crippen molar-refractivity contribution in [3.8, 4) is 0 Å². The zero-order valence-corrected chi connectivity index (χ0v) is 18.1. The molecule has 0 N–H and O–H groups in total. The van der Waals surface area contributed by atoms with Crippen molar-refractivity contribution in [2.45, 2.75) is 77.5 Å². The number of hydrogen-bond donors (Lipinski definition) is 0. The number of ether oxygens (including phenoxy) is 7. The molecule has 0 spiro atoms. The molecule has 0 aliphatic carbocycles. The lowest BCUT2D eigenvalue weighted by molar-refractivity contribution is -0.334. The molecule has 0 aromatic rings. The Balaban J connectivity index is 3.38. The highest BCUT2D eigenvalue weighted by molar-refractivity contribution is 5.77. The van der Waals surface area contributed by atoms with E-state index >= 15 is 0 Å². The number of methoxy groups -OCH3 is 1. The van der Waals surface area contributed by atoms with Gasteiger partial charge in [-0.2, -0.15) is 0 Å². The molecule has 1 fully saturated rings. The first-order valence-electron chi connectivity index (χ1n) is 9.60. The van der Waals surface area contributed by atoms with Crippen molar-refractivity contribution in [3.05, 3.63) is 0 Å². The predicted molar refractivity (Wildman–Crippen MR) is 99.1 cm³/mol. The van der Waals surface area contributed by atoms with E-state index in [1.165, 1.54) is 0 Å². The molecule has 1 saturated heterocycles. The number of carbonyl (C=O) groups is 5. The summed E-state index contributed by atoms with van der Waals surface area (Å²) in [5, 5.41) is 0. The number of hydrogen-bond acceptors (Lipinski definition) is 12. The third kappa shape index (κ3) is 8.23. The summed E-state index contributed by atoms with van der Waals surface area (Å²) in [4.78, 5) is 58.1. The van der Waals surface area contributed by atoms with Crippen molar-refractivity contribution in [1.29, 1.82) is 0 Å². The van der Waals surface area contributed by atoms with Crippen molar-refractivity contribution in [2.75, 3.05) is 13.7 Å². The molecule has 1 aliphatic rings. The molecule has 0 saturated carbocycles. The van der Waals surface area contributed by atoms with Crippen LogP contribution in [-0.2, 0) is 57.1 Å². The van der Waals surface area contributed by atoms with Gasteiger partial charge in [-0.25, -0.2) is 4.79 Å². The van der Waals surface area contributed by atoms with Crippen LogP contribution in [0.25, 0.3) is 0 Å². The quantitative estimate of drug-likeness (QED) is 0.182. The lowest BCUT2D eigenvalue weighted by atomic mass is 9.97. The highest BCUT2D eigenvalue weighted by Gasteiger charge is 2.55. The third-order valence-corrected chi connectivity index (χ3v) is 3.99. The van der Waals surface area contributed by atoms with E-state index in [9.17, 15) is 24.0 Å². The lowest BCUT2D eigenvalue weighted by Gasteiger charge is -2.43. The minimum Gasteiger partial charge on any atom is -0.467 e. The molecule has 0 aromatic heterocycles. The van der Waals surface area contributed by atoms with Gasteiger partial charge in [0.05, 0.1) is 7.11 Å². The van der Waals surface area contributed by atoms with Crippen LogP contribution in [0.1, 0.15) is 40.5 Å². The first-order valence-corrected chi connectivity index (χ1v) is 9.60. The van der Waals surface area contributed by atoms with Crippen molar-refractivity contribution < 1.29 is 57.1 Å². The van der Waals surface area contributed by atoms with E-state index in [1.807, 2.05) is 0 Å². The highest BCUT2D eigenvalue weighted by atomic mass is 16.8. The summed E-state index contributed by atoms with van der Waals surface area (Å²) in [5.74, 6) is -3.33. The van der Waals surface area contributed by atoms with Crippen LogP contribution in [0.15, 0.2) is 0 Å². The minimum absolute atomic E-state index is 0.0967. The van der Waals surface area contributed by atoms with E-state index in [-0.39, 0.29) is 19.4 Å². The number of carbonyl (C=O) groups excluding carboxylic acids is 5. The maximum Gasteiger partial charge on any atom is 0.339 e. The summed E-state index contributed by atoms with van der Waals surface area (Å²) in [6.45, 7) is 5.17. The Hall–Kier alpha value is -2.57. The van der Waals surface area contributed by atoms with E-state index in [4.69, 9.17) is 33.2 Å². The Morgan fingerprint density at radius 2 is 1.48 bits per heavy atom. The fourth-order valence-electron chi connectivity index (χ4n) is 2.92. The topological polar surface area (TPSA) is 150 Å². The SMILES string of the molecule is CCOC(CCC=O)O[C@@H]1O[C@H](C(=O)OC)[C@@H](OC(C)=O)[C@H](OC(C)=O)[C@H]1OC(C)=O. The number of aldehydes is 1. The van der Waals surface area contributed by atoms with Crippen LogP contribution in [0.2, 0.25) is 0 Å². The number of esters is 4. The van der Waals surface area contributed by atoms with Crippen LogP contribution in [0, 0.1) is 0 Å². The van der Waals surface area contributed by atoms with E-state index in [2.05, 4.69) is 0 Å². The van der Waals surface area contributed by atoms with Crippen LogP contribution < -0.4 is 0 Å². The molecular formula is C19H28O12. The average molecular weight is 448 g/mol. The van der Waals surface area contributed by atoms with Gasteiger partial charge in [-0.1, -0.05) is 0 Å². The molecule has 0 amide bonds. The highest BCUT2D eigenvalue weighted by Crippen LogP contribution is 2.31. The lowest BCUT2D eigenvalue weighted by Crippen LogP contribution is -2.64. The maximum absolute atomic E-state index is 12.3. The second-order valence-corrected chi connectivity index (χ2v) is 6.44. The van der Waals surface area contributed by atoms with Crippen LogP contribution in [0.5, 0.6) is 0 Å². The van der Waals surface area contributed by atoms with Gasteiger partial charge in [-0.15, -0.1) is 0 Å². The van der Waals surface area contributed by atoms with Gasteiger partial charge in [0, 0.05) is 40.2 Å². The summed E-state index contributed by atoms with van der Waals surface area (Å²) in [5.41, 5.74) is 0. The van der Waals surface area contributed by atoms with Crippen LogP contribution in [-0.4, -0.2) is 80.9 Å². The Morgan fingerprint density at radius 1 is 0.935 bits per heavy atom. The fourth-order valence-corrected chi connectivity index (χ4v) is 2.92. The summed E-state index contributed by atoms with van der Waals surface area (Å²) < 4.78 is 37.1. The standard InChI is InChI=1S/C19H28O12/c1-6-26-13(8-7-9-20)30-19-17(29-12(4)23)15(28-11(3)22)14(27-10(2)21)16(31-19)18(24)25-5/h9,13-17,19H,6-8H2,1-5H3/t13?,14-,15-,16-,17+,19+/m0/s1. The first-order chi connectivity index (χ1) is 14.6. The summed E-state index contributed by atoms with van der Waals surface area (Å²) in [6.07, 6.45) is -7.49. The Kier molecular flexibility index (Phi) is 11.1. The fraction of sp³-hybridized carbons (Fsp3) is 0.737. The smallest absolute Gasteiger partial charge is 0.339 e. The second-order valence-electron chi connectivity index (χ2n) is 6.44. The van der Waals surface area contributed by atoms with Crippen molar-refractivity contribution >= 4 is 30.2 Å². The van der Waals surface area contributed by atoms with Crippen LogP contribution in [0.4, 0.5) is 0 Å². The Bertz CT molecular complexity index is 648. The molecule has 6 atom stereocenters. The van der Waals surface area contributed by atoms with Gasteiger partial charge in [0.2, 0.25) is 6.29 Å². The summed E-state index contributed by atoms with van der Waals surface area (Å²) >= 11 is 0. The minimum atomic E-state index is -1.57. The first kappa shape index (κ1) is 26.5. The monoisotopic (exact) mass is 448 g/mol. The Morgan fingerprint density at radius 3 is 1.97 bits per heavy atom. The van der Waals surface area contributed by atoms with Gasteiger partial charge >= 0.3 is 23.9 Å². The van der Waals surface area contributed by atoms with E-state index in [1.54, 1.807) is 6.92 Å². The molecule has 12 heteroatoms. The van der Waals surface area contributed by atoms with Crippen molar-refractivity contribution in [1.82, 2.24) is 0 Å². The van der Waals surface area contributed by atoms with Crippen molar-refractivity contribution in [3.63, 3.8) is 0 Å². The zero-order chi connectivity index (χ0) is 23.6. The molecule has 176 valence electrons. The van der Waals surface area contributed by atoms with Gasteiger partial charge in [0.25, 0.3) is 0 Å². The predicted octanol–water partition coefficient (Wildman–Crippen LogP) is 0.0377. The summed E-state index contributed by atoms with van der Waals surface area (Å²) in [6, 6.07) is 0. The van der Waals surface area contributed by atoms with Crippen LogP contribution >= 0.6 is 0 Å². The van der Waals surface area contributed by atoms with Crippen molar-refractivity contribution in [2.24, 2.45) is 0 Å². The van der Waals surface area contributed by atoms with Gasteiger partial charge in [-0.3, -0.25) is 14.4 Å². The number of rotatable bonds is 11. The summed E-state index contributed by atoms with van der Waals surface area (Å²) in [7, 11) is 1.08. The van der Waals surface area contributed by atoms with Gasteiger partial charge in [0.15, 0.2) is 30.7 Å². The average Bonchev–Trinajstić information content (AvgIpc) is 2.68. The van der Waals surface area contributed by atoms with Crippen LogP contribution in [0.3, 0.4) is 0 Å². The zero-order valence-electron chi connectivity index (χ0n) is 18.1. The van der Waals surface area contributed by atoms with Gasteiger partial charge in [0.1, 0.15) is 6.29 Å². The molecule has 0 aromatic carbocycles. The second kappa shape index (κ2) is 13.0. The van der Waals surface area contributed by atoms with Gasteiger partial charge in [-0.05, 0) is 6.92 Å². The molecular weight excluding hydrogens is 420 g/mol. The molecule has 1 unspecified atom stereocenters. The van der Waals surface area contributed by atoms with E-state index < -0.39 is 60.9 Å². The molecule has 0 bridgehead atoms. The molecule has 1 rings (SSSR count). The molecule has 1 heterocycles. The molecule has 31 heavy (non-hydrogen) atoms.